The van der Waals surface area contributed by atoms with E-state index in [-0.39, 0.29) is 23.6 Å². The average molecular weight is 471 g/mol. The third-order valence-electron chi connectivity index (χ3n) is 7.35. The molecule has 0 saturated carbocycles. The fourth-order valence-corrected chi connectivity index (χ4v) is 5.02. The van der Waals surface area contributed by atoms with Gasteiger partial charge >= 0.3 is 0 Å². The predicted octanol–water partition coefficient (Wildman–Crippen LogP) is 2.46. The van der Waals surface area contributed by atoms with Crippen LogP contribution in [-0.4, -0.2) is 52.9 Å². The summed E-state index contributed by atoms with van der Waals surface area (Å²) in [7, 11) is 0. The van der Waals surface area contributed by atoms with Crippen LogP contribution in [0.4, 0.5) is 0 Å². The smallest absolute Gasteiger partial charge is 0.250 e. The molecule has 1 aliphatic heterocycles. The molecule has 1 aliphatic carbocycles. The van der Waals surface area contributed by atoms with Gasteiger partial charge in [-0.3, -0.25) is 9.89 Å². The highest BCUT2D eigenvalue weighted by Crippen LogP contribution is 2.39. The molecule has 178 valence electrons. The van der Waals surface area contributed by atoms with Crippen LogP contribution in [0.1, 0.15) is 48.1 Å². The molecule has 0 saturated heterocycles. The Hall–Kier alpha value is -3.95. The number of aromatic nitrogens is 7. The molecular formula is C25H26N8O2. The molecule has 0 unspecified atom stereocenters. The molecule has 0 atom stereocenters. The minimum absolute atomic E-state index is 0.0361. The number of carbonyl (C=O) groups is 1. The van der Waals surface area contributed by atoms with Gasteiger partial charge in [-0.15, -0.1) is 15.3 Å². The molecule has 4 heterocycles. The summed E-state index contributed by atoms with van der Waals surface area (Å²) in [6, 6.07) is 8.63. The van der Waals surface area contributed by atoms with Crippen LogP contribution < -0.4 is 0 Å². The maximum atomic E-state index is 12.7. The Bertz CT molecular complexity index is 1350. The van der Waals surface area contributed by atoms with E-state index in [1.807, 2.05) is 0 Å². The van der Waals surface area contributed by atoms with Gasteiger partial charge in [-0.25, -0.2) is 9.97 Å². The van der Waals surface area contributed by atoms with Crippen LogP contribution in [0.3, 0.4) is 0 Å². The lowest BCUT2D eigenvalue weighted by Gasteiger charge is -2.30. The summed E-state index contributed by atoms with van der Waals surface area (Å²) in [5.41, 5.74) is 5.08. The van der Waals surface area contributed by atoms with Gasteiger partial charge < -0.3 is 9.32 Å². The zero-order valence-electron chi connectivity index (χ0n) is 19.7. The largest absolute Gasteiger partial charge is 0.420 e. The fourth-order valence-electron chi connectivity index (χ4n) is 5.02. The second-order valence-corrected chi connectivity index (χ2v) is 9.87. The van der Waals surface area contributed by atoms with Gasteiger partial charge in [-0.1, -0.05) is 43.3 Å². The second-order valence-electron chi connectivity index (χ2n) is 9.87. The molecule has 0 fully saturated rings. The summed E-state index contributed by atoms with van der Waals surface area (Å²) < 4.78 is 5.77. The molecule has 1 N–H and O–H groups in total. The van der Waals surface area contributed by atoms with Crippen molar-refractivity contribution in [2.75, 3.05) is 6.54 Å². The van der Waals surface area contributed by atoms with Crippen molar-refractivity contribution < 1.29 is 9.21 Å². The molecule has 6 rings (SSSR count). The first-order valence-corrected chi connectivity index (χ1v) is 11.9. The van der Waals surface area contributed by atoms with Crippen molar-refractivity contribution >= 4 is 5.91 Å². The maximum absolute atomic E-state index is 12.7. The highest BCUT2D eigenvalue weighted by Gasteiger charge is 2.37. The maximum Gasteiger partial charge on any atom is 0.250 e. The summed E-state index contributed by atoms with van der Waals surface area (Å²) >= 11 is 0. The van der Waals surface area contributed by atoms with Crippen LogP contribution >= 0.6 is 0 Å². The van der Waals surface area contributed by atoms with E-state index in [4.69, 9.17) is 4.42 Å². The number of hydrogen-bond donors (Lipinski definition) is 1. The molecule has 1 aromatic carbocycles. The Morgan fingerprint density at radius 3 is 2.60 bits per heavy atom. The lowest BCUT2D eigenvalue weighted by Crippen LogP contribution is -2.37. The molecule has 10 heteroatoms. The van der Waals surface area contributed by atoms with Crippen molar-refractivity contribution in [1.29, 1.82) is 0 Å². The number of nitrogens with zero attached hydrogens (tertiary/aromatic N) is 7. The van der Waals surface area contributed by atoms with E-state index in [1.54, 1.807) is 17.3 Å². The average Bonchev–Trinajstić information content (AvgIpc) is 3.63. The Balaban J connectivity index is 1.12. The first-order valence-electron chi connectivity index (χ1n) is 11.9. The molecule has 35 heavy (non-hydrogen) atoms. The van der Waals surface area contributed by atoms with Gasteiger partial charge in [0.1, 0.15) is 17.9 Å². The zero-order chi connectivity index (χ0) is 24.0. The van der Waals surface area contributed by atoms with Crippen LogP contribution in [0.5, 0.6) is 0 Å². The van der Waals surface area contributed by atoms with Crippen LogP contribution in [0.25, 0.3) is 11.5 Å². The van der Waals surface area contributed by atoms with E-state index in [1.165, 1.54) is 11.1 Å². The first kappa shape index (κ1) is 21.6. The molecule has 4 aromatic rings. The topological polar surface area (TPSA) is 127 Å². The predicted molar refractivity (Wildman–Crippen MR) is 125 cm³/mol. The number of nitrogens with one attached hydrogen (secondary N) is 1. The quantitative estimate of drug-likeness (QED) is 0.471. The van der Waals surface area contributed by atoms with E-state index in [0.29, 0.717) is 36.9 Å². The van der Waals surface area contributed by atoms with Crippen molar-refractivity contribution in [1.82, 2.24) is 40.5 Å². The summed E-state index contributed by atoms with van der Waals surface area (Å²) in [6.45, 7) is 5.45. The van der Waals surface area contributed by atoms with E-state index in [2.05, 4.69) is 73.7 Å². The summed E-state index contributed by atoms with van der Waals surface area (Å²) in [5, 5.41) is 18.9. The molecule has 2 aliphatic rings. The number of H-pyrrole nitrogens is 1. The summed E-state index contributed by atoms with van der Waals surface area (Å²) in [4.78, 5) is 23.8. The number of rotatable bonds is 5. The van der Waals surface area contributed by atoms with Gasteiger partial charge in [0.25, 0.3) is 5.89 Å². The van der Waals surface area contributed by atoms with Gasteiger partial charge in [0, 0.05) is 30.8 Å². The molecule has 1 amide bonds. The van der Waals surface area contributed by atoms with Crippen LogP contribution in [0.15, 0.2) is 41.1 Å². The molecule has 3 aromatic heterocycles. The van der Waals surface area contributed by atoms with Crippen molar-refractivity contribution in [3.63, 3.8) is 0 Å². The van der Waals surface area contributed by atoms with Gasteiger partial charge in [0.2, 0.25) is 11.8 Å². The minimum Gasteiger partial charge on any atom is -0.420 e. The molecule has 0 bridgehead atoms. The van der Waals surface area contributed by atoms with Crippen molar-refractivity contribution in [2.45, 2.75) is 51.5 Å². The van der Waals surface area contributed by atoms with E-state index in [9.17, 15) is 4.79 Å². The third kappa shape index (κ3) is 3.98. The van der Waals surface area contributed by atoms with Crippen molar-refractivity contribution in [3.05, 3.63) is 70.9 Å². The van der Waals surface area contributed by atoms with Crippen LogP contribution in [0, 0.1) is 5.92 Å². The fraction of sp³-hybridized carbons (Fsp3) is 0.400. The first-order chi connectivity index (χ1) is 17.0. The van der Waals surface area contributed by atoms with Crippen molar-refractivity contribution in [3.8, 4) is 11.5 Å². The molecular weight excluding hydrogens is 444 g/mol. The highest BCUT2D eigenvalue weighted by atomic mass is 16.4. The minimum atomic E-state index is -0.178. The summed E-state index contributed by atoms with van der Waals surface area (Å²) in [6.07, 6.45) is 6.25. The lowest BCUT2D eigenvalue weighted by atomic mass is 9.76. The number of amides is 1. The molecule has 0 spiro atoms. The normalized spacial score (nSPS) is 15.8. The van der Waals surface area contributed by atoms with Crippen LogP contribution in [0.2, 0.25) is 0 Å². The Kier molecular flexibility index (Phi) is 5.16. The summed E-state index contributed by atoms with van der Waals surface area (Å²) in [5.74, 6) is 1.73. The highest BCUT2D eigenvalue weighted by molar-refractivity contribution is 5.78. The lowest BCUT2D eigenvalue weighted by molar-refractivity contribution is -0.131. The zero-order valence-corrected chi connectivity index (χ0v) is 19.7. The monoisotopic (exact) mass is 470 g/mol. The molecule has 10 nitrogen and oxygen atoms in total. The standard InChI is InChI=1S/C25H26N8O2/c1-25(2,18-9-15-5-3-4-6-16(15)10-18)24-26-12-17(13-27-24)23-31-30-21(35-23)11-22(34)33-8-7-19-20(14-33)29-32-28-19/h3-6,12-13,18H,7-11,14H2,1-2H3,(H,28,29,32). The molecule has 0 radical (unpaired) electrons. The van der Waals surface area contributed by atoms with Gasteiger partial charge in [-0.05, 0) is 29.9 Å². The number of benzene rings is 1. The van der Waals surface area contributed by atoms with Gasteiger partial charge in [-0.2, -0.15) is 0 Å². The SMILES string of the molecule is CC(C)(c1ncc(-c2nnc(CC(=O)N3CCc4[nH]nnc4C3)o2)cn1)C1Cc2ccccc2C1. The van der Waals surface area contributed by atoms with Gasteiger partial charge in [0.15, 0.2) is 0 Å². The number of aromatic amines is 1. The Morgan fingerprint density at radius 1 is 1.11 bits per heavy atom. The van der Waals surface area contributed by atoms with Gasteiger partial charge in [0.05, 0.1) is 17.8 Å². The third-order valence-corrected chi connectivity index (χ3v) is 7.35. The van der Waals surface area contributed by atoms with E-state index in [0.717, 1.165) is 30.1 Å². The Labute approximate surface area is 202 Å². The van der Waals surface area contributed by atoms with Crippen LogP contribution in [-0.2, 0) is 42.4 Å². The second kappa shape index (κ2) is 8.37. The van der Waals surface area contributed by atoms with E-state index < -0.39 is 0 Å². The Morgan fingerprint density at radius 2 is 1.86 bits per heavy atom. The number of hydrogen-bond acceptors (Lipinski definition) is 8. The number of fused-ring (bicyclic) bond motifs is 2. The van der Waals surface area contributed by atoms with Crippen molar-refractivity contribution in [2.24, 2.45) is 5.92 Å². The number of carbonyl (C=O) groups excluding carboxylic acids is 1. The van der Waals surface area contributed by atoms with E-state index >= 15 is 0 Å².